The maximum atomic E-state index is 12.6. The number of hydrogen-bond acceptors (Lipinski definition) is 9. The predicted molar refractivity (Wildman–Crippen MR) is 156 cm³/mol. The quantitative estimate of drug-likeness (QED) is 0.143. The van der Waals surface area contributed by atoms with Gasteiger partial charge in [0.25, 0.3) is 0 Å². The molecule has 0 bridgehead atoms. The van der Waals surface area contributed by atoms with Crippen LogP contribution in [-0.2, 0) is 36.7 Å². The highest BCUT2D eigenvalue weighted by Gasteiger charge is 2.16. The van der Waals surface area contributed by atoms with E-state index in [4.69, 9.17) is 30.4 Å². The van der Waals surface area contributed by atoms with E-state index in [1.165, 1.54) is 0 Å². The number of halogens is 2. The summed E-state index contributed by atoms with van der Waals surface area (Å²) in [6.07, 6.45) is 2.16. The number of hydrogen-bond donors (Lipinski definition) is 3. The maximum absolute atomic E-state index is 12.6. The van der Waals surface area contributed by atoms with E-state index in [9.17, 15) is 14.4 Å². The zero-order chi connectivity index (χ0) is 27.5. The van der Waals surface area contributed by atoms with E-state index in [1.54, 1.807) is 31.4 Å². The second-order valence-electron chi connectivity index (χ2n) is 8.89. The van der Waals surface area contributed by atoms with Gasteiger partial charge in [0, 0.05) is 16.6 Å². The molecule has 0 saturated heterocycles. The maximum Gasteiger partial charge on any atom is 0.323 e. The van der Waals surface area contributed by atoms with Gasteiger partial charge in [0.1, 0.15) is 30.8 Å². The number of aryl methyl sites for hydroxylation is 1. The van der Waals surface area contributed by atoms with Crippen LogP contribution in [0.3, 0.4) is 0 Å². The molecule has 0 fully saturated rings. The van der Waals surface area contributed by atoms with Gasteiger partial charge in [0.15, 0.2) is 0 Å². The van der Waals surface area contributed by atoms with Crippen LogP contribution in [0.2, 0.25) is 0 Å². The first kappa shape index (κ1) is 34.7. The number of nitrogens with two attached hydrogens (primary N) is 2. The molecule has 3 rings (SSSR count). The Hall–Kier alpha value is -3.31. The van der Waals surface area contributed by atoms with Crippen molar-refractivity contribution in [1.82, 2.24) is 4.98 Å². The lowest BCUT2D eigenvalue weighted by Crippen LogP contribution is -2.33. The summed E-state index contributed by atoms with van der Waals surface area (Å²) >= 11 is 0. The zero-order valence-corrected chi connectivity index (χ0v) is 24.2. The van der Waals surface area contributed by atoms with Gasteiger partial charge in [-0.15, -0.1) is 24.8 Å². The highest BCUT2D eigenvalue weighted by atomic mass is 35.5. The summed E-state index contributed by atoms with van der Waals surface area (Å²) in [7, 11) is 1.60. The number of ether oxygens (including phenoxy) is 4. The number of aromatic nitrogens is 1. The Kier molecular flexibility index (Phi) is 15.1. The van der Waals surface area contributed by atoms with Crippen LogP contribution in [0.15, 0.2) is 42.5 Å². The minimum atomic E-state index is -0.709. The lowest BCUT2D eigenvalue weighted by molar-refractivity contribution is -0.152. The average Bonchev–Trinajstić information content (AvgIpc) is 3.21. The third-order valence-electron chi connectivity index (χ3n) is 6.01. The largest absolute Gasteiger partial charge is 0.497 e. The fourth-order valence-electron chi connectivity index (χ4n) is 3.95. The van der Waals surface area contributed by atoms with Gasteiger partial charge in [-0.25, -0.2) is 0 Å². The Morgan fingerprint density at radius 1 is 0.900 bits per heavy atom. The number of aromatic amines is 1. The molecule has 0 saturated carbocycles. The van der Waals surface area contributed by atoms with E-state index in [-0.39, 0.29) is 50.9 Å². The molecule has 40 heavy (non-hydrogen) atoms. The molecular weight excluding hydrogens is 561 g/mol. The van der Waals surface area contributed by atoms with Gasteiger partial charge in [0.2, 0.25) is 0 Å². The Balaban J connectivity index is 0.00000400. The van der Waals surface area contributed by atoms with E-state index in [1.807, 2.05) is 25.1 Å². The van der Waals surface area contributed by atoms with Crippen molar-refractivity contribution in [1.29, 1.82) is 0 Å². The number of esters is 3. The lowest BCUT2D eigenvalue weighted by Gasteiger charge is -2.11. The number of carbonyl (C=O) groups is 3. The highest BCUT2D eigenvalue weighted by molar-refractivity contribution is 5.90. The summed E-state index contributed by atoms with van der Waals surface area (Å²) in [6, 6.07) is 11.6. The minimum Gasteiger partial charge on any atom is -0.497 e. The molecule has 1 heterocycles. The van der Waals surface area contributed by atoms with Crippen LogP contribution in [0.4, 0.5) is 0 Å². The monoisotopic (exact) mass is 597 g/mol. The van der Waals surface area contributed by atoms with Crippen molar-refractivity contribution >= 4 is 53.6 Å². The third kappa shape index (κ3) is 10.3. The van der Waals surface area contributed by atoms with Crippen LogP contribution in [0.5, 0.6) is 11.5 Å². The van der Waals surface area contributed by atoms with Crippen molar-refractivity contribution < 1.29 is 33.3 Å². The Morgan fingerprint density at radius 3 is 2.25 bits per heavy atom. The molecule has 0 amide bonds. The molecule has 1 atom stereocenters. The fourth-order valence-corrected chi connectivity index (χ4v) is 3.95. The van der Waals surface area contributed by atoms with E-state index < -0.39 is 23.9 Å². The average molecular weight is 599 g/mol. The molecule has 1 aromatic heterocycles. The van der Waals surface area contributed by atoms with Gasteiger partial charge in [-0.1, -0.05) is 18.6 Å². The van der Waals surface area contributed by atoms with Crippen molar-refractivity contribution in [2.24, 2.45) is 11.5 Å². The molecular formula is C28H37Cl2N3O7. The molecule has 0 spiro atoms. The van der Waals surface area contributed by atoms with E-state index >= 15 is 0 Å². The number of H-pyrrole nitrogens is 1. The molecule has 5 N–H and O–H groups in total. The van der Waals surface area contributed by atoms with Gasteiger partial charge in [0.05, 0.1) is 20.0 Å². The van der Waals surface area contributed by atoms with Crippen molar-refractivity contribution in [3.05, 3.63) is 59.3 Å². The van der Waals surface area contributed by atoms with Crippen LogP contribution in [0.1, 0.15) is 36.1 Å². The summed E-state index contributed by atoms with van der Waals surface area (Å²) in [5.74, 6) is -0.319. The molecule has 3 aromatic rings. The summed E-state index contributed by atoms with van der Waals surface area (Å²) in [6.45, 7) is 2.34. The second kappa shape index (κ2) is 17.4. The van der Waals surface area contributed by atoms with Gasteiger partial charge < -0.3 is 35.4 Å². The van der Waals surface area contributed by atoms with Crippen LogP contribution >= 0.6 is 24.8 Å². The minimum absolute atomic E-state index is 0. The molecule has 0 aliphatic rings. The van der Waals surface area contributed by atoms with Gasteiger partial charge in [-0.3, -0.25) is 14.4 Å². The predicted octanol–water partition coefficient (Wildman–Crippen LogP) is 3.56. The van der Waals surface area contributed by atoms with Crippen molar-refractivity contribution in [2.45, 2.75) is 45.1 Å². The first-order valence-electron chi connectivity index (χ1n) is 12.5. The van der Waals surface area contributed by atoms with Gasteiger partial charge in [-0.2, -0.15) is 0 Å². The molecule has 0 aliphatic heterocycles. The van der Waals surface area contributed by atoms with Gasteiger partial charge in [-0.05, 0) is 67.8 Å². The summed E-state index contributed by atoms with van der Waals surface area (Å²) < 4.78 is 20.9. The van der Waals surface area contributed by atoms with Crippen LogP contribution < -0.4 is 20.9 Å². The number of carbonyl (C=O) groups excluding carboxylic acids is 3. The Labute approximate surface area is 245 Å². The lowest BCUT2D eigenvalue weighted by atomic mass is 10.1. The van der Waals surface area contributed by atoms with Crippen LogP contribution in [-0.4, -0.2) is 55.8 Å². The van der Waals surface area contributed by atoms with E-state index in [0.717, 1.165) is 35.0 Å². The number of nitrogens with one attached hydrogen (secondary N) is 1. The topological polar surface area (TPSA) is 156 Å². The molecule has 0 aliphatic carbocycles. The molecule has 12 heteroatoms. The first-order chi connectivity index (χ1) is 18.3. The second-order valence-corrected chi connectivity index (χ2v) is 8.89. The summed E-state index contributed by atoms with van der Waals surface area (Å²) in [4.78, 5) is 39.8. The molecule has 0 radical (unpaired) electrons. The van der Waals surface area contributed by atoms with E-state index in [0.29, 0.717) is 30.0 Å². The number of benzene rings is 2. The molecule has 2 aromatic carbocycles. The molecule has 10 nitrogen and oxygen atoms in total. The Morgan fingerprint density at radius 2 is 1.57 bits per heavy atom. The van der Waals surface area contributed by atoms with Crippen molar-refractivity contribution in [3.63, 3.8) is 0 Å². The summed E-state index contributed by atoms with van der Waals surface area (Å²) in [5, 5.41) is 0.910. The highest BCUT2D eigenvalue weighted by Crippen LogP contribution is 2.27. The number of methoxy groups -OCH3 is 1. The number of unbranched alkanes of at least 4 members (excludes halogenated alkanes) is 1. The van der Waals surface area contributed by atoms with Crippen LogP contribution in [0, 0.1) is 6.92 Å². The van der Waals surface area contributed by atoms with Crippen molar-refractivity contribution in [2.75, 3.05) is 26.9 Å². The molecule has 1 unspecified atom stereocenters. The Bertz CT molecular complexity index is 1250. The SMILES string of the molecule is COc1ccc2[nH]c(C)c(CC(=O)Oc3ccc(CC(=O)OCCOC(=O)C(N)CCCCN)cc3)c2c1.Cl.Cl. The number of fused-ring (bicyclic) bond motifs is 1. The standard InChI is InChI=1S/C28H35N3O7.2ClH/c1-18-22(23-16-21(35-2)10-11-25(23)31-18)17-27(33)38-20-8-6-19(7-9-20)15-26(32)36-13-14-37-28(34)24(30)5-3-4-12-29;;/h6-11,16,24,31H,3-5,12-15,17,29-30H2,1-2H3;2*1H. The normalized spacial score (nSPS) is 11.1. The third-order valence-corrected chi connectivity index (χ3v) is 6.01. The van der Waals surface area contributed by atoms with Gasteiger partial charge >= 0.3 is 17.9 Å². The number of rotatable bonds is 14. The smallest absolute Gasteiger partial charge is 0.323 e. The van der Waals surface area contributed by atoms with Crippen molar-refractivity contribution in [3.8, 4) is 11.5 Å². The van der Waals surface area contributed by atoms with Crippen LogP contribution in [0.25, 0.3) is 10.9 Å². The zero-order valence-electron chi connectivity index (χ0n) is 22.6. The molecule has 220 valence electrons. The van der Waals surface area contributed by atoms with E-state index in [2.05, 4.69) is 4.98 Å². The fraction of sp³-hybridized carbons (Fsp3) is 0.393. The summed E-state index contributed by atoms with van der Waals surface area (Å²) in [5.41, 5.74) is 14.5. The first-order valence-corrected chi connectivity index (χ1v) is 12.5.